The van der Waals surface area contributed by atoms with Crippen molar-refractivity contribution in [1.82, 2.24) is 9.97 Å². The van der Waals surface area contributed by atoms with Crippen LogP contribution in [0.4, 0.5) is 5.95 Å². The second-order valence-electron chi connectivity index (χ2n) is 4.20. The molecule has 0 aliphatic rings. The summed E-state index contributed by atoms with van der Waals surface area (Å²) in [6, 6.07) is 9.12. The van der Waals surface area contributed by atoms with E-state index < -0.39 is 6.10 Å². The molecule has 20 heavy (non-hydrogen) atoms. The number of hydrogen-bond donors (Lipinski definition) is 1. The number of para-hydroxylation sites is 1. The first-order valence-electron chi connectivity index (χ1n) is 6.08. The summed E-state index contributed by atoms with van der Waals surface area (Å²) in [5.74, 6) is 0.587. The van der Waals surface area contributed by atoms with Crippen molar-refractivity contribution >= 4 is 27.8 Å². The minimum atomic E-state index is -0.655. The van der Waals surface area contributed by atoms with Gasteiger partial charge >= 0.3 is 0 Å². The van der Waals surface area contributed by atoms with Gasteiger partial charge in [-0.15, -0.1) is 0 Å². The van der Waals surface area contributed by atoms with E-state index in [1.54, 1.807) is 25.3 Å². The van der Waals surface area contributed by atoms with E-state index in [9.17, 15) is 4.79 Å². The molecular weight excluding hydrogens is 322 g/mol. The van der Waals surface area contributed by atoms with Gasteiger partial charge in [0, 0.05) is 11.9 Å². The van der Waals surface area contributed by atoms with Crippen LogP contribution in [-0.2, 0) is 4.79 Å². The van der Waals surface area contributed by atoms with Crippen LogP contribution in [0.2, 0.25) is 0 Å². The Kier molecular flexibility index (Phi) is 4.68. The van der Waals surface area contributed by atoms with Gasteiger partial charge in [0.25, 0.3) is 5.91 Å². The molecule has 1 amide bonds. The smallest absolute Gasteiger partial charge is 0.267 e. The SMILES string of the molecule is Cc1ccnc(NC(=O)C(C)Oc2ccccc2Br)n1. The summed E-state index contributed by atoms with van der Waals surface area (Å²) < 4.78 is 6.39. The summed E-state index contributed by atoms with van der Waals surface area (Å²) in [5, 5.41) is 2.62. The summed E-state index contributed by atoms with van der Waals surface area (Å²) in [7, 11) is 0. The number of halogens is 1. The second kappa shape index (κ2) is 6.47. The van der Waals surface area contributed by atoms with Crippen LogP contribution in [0.1, 0.15) is 12.6 Å². The Morgan fingerprint density at radius 3 is 2.80 bits per heavy atom. The molecule has 0 aliphatic heterocycles. The van der Waals surface area contributed by atoms with Gasteiger partial charge in [0.05, 0.1) is 4.47 Å². The standard InChI is InChI=1S/C14H14BrN3O2/c1-9-7-8-16-14(17-9)18-13(19)10(2)20-12-6-4-3-5-11(12)15/h3-8,10H,1-2H3,(H,16,17,18,19). The molecule has 2 aromatic rings. The van der Waals surface area contributed by atoms with Crippen LogP contribution in [0.15, 0.2) is 41.0 Å². The van der Waals surface area contributed by atoms with Crippen LogP contribution in [0.3, 0.4) is 0 Å². The lowest BCUT2D eigenvalue weighted by atomic mass is 10.3. The van der Waals surface area contributed by atoms with Crippen LogP contribution >= 0.6 is 15.9 Å². The molecule has 0 radical (unpaired) electrons. The van der Waals surface area contributed by atoms with Crippen LogP contribution in [0, 0.1) is 6.92 Å². The van der Waals surface area contributed by atoms with Crippen LogP contribution in [0.25, 0.3) is 0 Å². The third-order valence-corrected chi connectivity index (χ3v) is 3.19. The first-order valence-corrected chi connectivity index (χ1v) is 6.87. The number of ether oxygens (including phenoxy) is 1. The first-order chi connectivity index (χ1) is 9.56. The molecule has 0 bridgehead atoms. The summed E-state index contributed by atoms with van der Waals surface area (Å²) in [6.45, 7) is 3.50. The highest BCUT2D eigenvalue weighted by atomic mass is 79.9. The quantitative estimate of drug-likeness (QED) is 0.932. The van der Waals surface area contributed by atoms with Gasteiger partial charge in [0.15, 0.2) is 6.10 Å². The van der Waals surface area contributed by atoms with Gasteiger partial charge in [-0.25, -0.2) is 9.97 Å². The molecule has 104 valence electrons. The zero-order chi connectivity index (χ0) is 14.5. The molecule has 0 saturated carbocycles. The molecule has 1 unspecified atom stereocenters. The largest absolute Gasteiger partial charge is 0.480 e. The number of aromatic nitrogens is 2. The van der Waals surface area contributed by atoms with E-state index >= 15 is 0 Å². The monoisotopic (exact) mass is 335 g/mol. The zero-order valence-electron chi connectivity index (χ0n) is 11.1. The number of benzene rings is 1. The van der Waals surface area contributed by atoms with Crippen LogP contribution < -0.4 is 10.1 Å². The second-order valence-corrected chi connectivity index (χ2v) is 5.06. The fourth-order valence-corrected chi connectivity index (χ4v) is 1.88. The molecule has 0 spiro atoms. The minimum absolute atomic E-state index is 0.276. The Balaban J connectivity index is 2.01. The fourth-order valence-electron chi connectivity index (χ4n) is 1.51. The molecule has 1 aromatic heterocycles. The van der Waals surface area contributed by atoms with Crippen molar-refractivity contribution in [2.75, 3.05) is 5.32 Å². The van der Waals surface area contributed by atoms with E-state index in [0.29, 0.717) is 5.75 Å². The lowest BCUT2D eigenvalue weighted by molar-refractivity contribution is -0.122. The first kappa shape index (κ1) is 14.5. The van der Waals surface area contributed by atoms with Crippen molar-refractivity contribution in [2.24, 2.45) is 0 Å². The number of amides is 1. The van der Waals surface area contributed by atoms with E-state index in [-0.39, 0.29) is 11.9 Å². The van der Waals surface area contributed by atoms with Gasteiger partial charge in [-0.1, -0.05) is 12.1 Å². The molecule has 6 heteroatoms. The van der Waals surface area contributed by atoms with E-state index in [1.165, 1.54) is 0 Å². The van der Waals surface area contributed by atoms with E-state index in [1.807, 2.05) is 25.1 Å². The molecule has 0 saturated heterocycles. The number of hydrogen-bond acceptors (Lipinski definition) is 4. The summed E-state index contributed by atoms with van der Waals surface area (Å²) in [5.41, 5.74) is 0.787. The molecule has 2 rings (SSSR count). The van der Waals surface area contributed by atoms with Crippen LogP contribution in [0.5, 0.6) is 5.75 Å². The van der Waals surface area contributed by atoms with Crippen molar-refractivity contribution in [3.05, 3.63) is 46.7 Å². The molecule has 1 heterocycles. The number of rotatable bonds is 4. The summed E-state index contributed by atoms with van der Waals surface area (Å²) in [6.07, 6.45) is 0.940. The Hall–Kier alpha value is -1.95. The van der Waals surface area contributed by atoms with Crippen molar-refractivity contribution in [3.63, 3.8) is 0 Å². The third kappa shape index (κ3) is 3.77. The normalized spacial score (nSPS) is 11.8. The van der Waals surface area contributed by atoms with Crippen LogP contribution in [-0.4, -0.2) is 22.0 Å². The van der Waals surface area contributed by atoms with Crippen molar-refractivity contribution < 1.29 is 9.53 Å². The Bertz CT molecular complexity index is 619. The van der Waals surface area contributed by atoms with E-state index in [0.717, 1.165) is 10.2 Å². The molecule has 0 fully saturated rings. The Morgan fingerprint density at radius 2 is 2.10 bits per heavy atom. The average Bonchev–Trinajstić information content (AvgIpc) is 2.41. The van der Waals surface area contributed by atoms with Crippen molar-refractivity contribution in [2.45, 2.75) is 20.0 Å². The number of nitrogens with zero attached hydrogens (tertiary/aromatic N) is 2. The van der Waals surface area contributed by atoms with Crippen molar-refractivity contribution in [1.29, 1.82) is 0 Å². The summed E-state index contributed by atoms with van der Waals surface area (Å²) in [4.78, 5) is 20.1. The van der Waals surface area contributed by atoms with Gasteiger partial charge in [-0.05, 0) is 48.0 Å². The van der Waals surface area contributed by atoms with Gasteiger partial charge < -0.3 is 4.74 Å². The number of carbonyl (C=O) groups excluding carboxylic acids is 1. The number of carbonyl (C=O) groups is 1. The molecule has 1 atom stereocenters. The van der Waals surface area contributed by atoms with Gasteiger partial charge in [0.2, 0.25) is 5.95 Å². The van der Waals surface area contributed by atoms with Crippen molar-refractivity contribution in [3.8, 4) is 5.75 Å². The predicted octanol–water partition coefficient (Wildman–Crippen LogP) is 2.95. The number of anilines is 1. The summed E-state index contributed by atoms with van der Waals surface area (Å²) >= 11 is 3.37. The van der Waals surface area contributed by atoms with E-state index in [4.69, 9.17) is 4.74 Å². The Labute approximate surface area is 125 Å². The van der Waals surface area contributed by atoms with Gasteiger partial charge in [-0.2, -0.15) is 0 Å². The van der Waals surface area contributed by atoms with Gasteiger partial charge in [0.1, 0.15) is 5.75 Å². The highest BCUT2D eigenvalue weighted by Crippen LogP contribution is 2.24. The zero-order valence-corrected chi connectivity index (χ0v) is 12.7. The molecule has 1 N–H and O–H groups in total. The van der Waals surface area contributed by atoms with E-state index in [2.05, 4.69) is 31.2 Å². The maximum absolute atomic E-state index is 12.0. The third-order valence-electron chi connectivity index (χ3n) is 2.54. The lowest BCUT2D eigenvalue weighted by Gasteiger charge is -2.15. The molecule has 1 aromatic carbocycles. The predicted molar refractivity (Wildman–Crippen MR) is 79.6 cm³/mol. The average molecular weight is 336 g/mol. The molecule has 5 nitrogen and oxygen atoms in total. The maximum atomic E-state index is 12.0. The number of nitrogens with one attached hydrogen (secondary N) is 1. The highest BCUT2D eigenvalue weighted by Gasteiger charge is 2.16. The highest BCUT2D eigenvalue weighted by molar-refractivity contribution is 9.10. The molecular formula is C14H14BrN3O2. The minimum Gasteiger partial charge on any atom is -0.480 e. The maximum Gasteiger partial charge on any atom is 0.267 e. The number of aryl methyl sites for hydroxylation is 1. The Morgan fingerprint density at radius 1 is 1.35 bits per heavy atom. The fraction of sp³-hybridized carbons (Fsp3) is 0.214. The van der Waals surface area contributed by atoms with Gasteiger partial charge in [-0.3, -0.25) is 10.1 Å². The molecule has 0 aliphatic carbocycles. The topological polar surface area (TPSA) is 64.1 Å². The lowest BCUT2D eigenvalue weighted by Crippen LogP contribution is -2.31.